The quantitative estimate of drug-likeness (QED) is 0.815. The van der Waals surface area contributed by atoms with Gasteiger partial charge in [0.05, 0.1) is 5.69 Å². The van der Waals surface area contributed by atoms with Crippen LogP contribution in [-0.4, -0.2) is 23.7 Å². The minimum Gasteiger partial charge on any atom is -0.354 e. The molecule has 0 spiro atoms. The van der Waals surface area contributed by atoms with Crippen molar-refractivity contribution in [3.05, 3.63) is 65.0 Å². The zero-order valence-corrected chi connectivity index (χ0v) is 14.3. The Hall–Kier alpha value is -2.56. The Morgan fingerprint density at radius 3 is 2.56 bits per heavy atom. The fraction of sp³-hybridized carbons (Fsp3) is 0.350. The summed E-state index contributed by atoms with van der Waals surface area (Å²) >= 11 is 0. The lowest BCUT2D eigenvalue weighted by atomic mass is 10.0. The molecule has 4 nitrogen and oxygen atoms in total. The number of benzene rings is 1. The van der Waals surface area contributed by atoms with Crippen LogP contribution in [-0.2, 0) is 0 Å². The molecule has 5 heteroatoms. The molecule has 2 aromatic rings. The Morgan fingerprint density at radius 2 is 1.96 bits per heavy atom. The summed E-state index contributed by atoms with van der Waals surface area (Å²) in [5.74, 6) is 0.448. The fourth-order valence-corrected chi connectivity index (χ4v) is 2.92. The SMILES string of the molecule is CNC(=O)c1cc(C(=O)C[C@H]2C[C@@H]2C)cc([C@@H](F)c2ccccc2)n1. The number of nitrogens with one attached hydrogen (secondary N) is 1. The van der Waals surface area contributed by atoms with Gasteiger partial charge in [-0.2, -0.15) is 0 Å². The van der Waals surface area contributed by atoms with E-state index < -0.39 is 12.1 Å². The van der Waals surface area contributed by atoms with E-state index >= 15 is 0 Å². The molecule has 130 valence electrons. The van der Waals surface area contributed by atoms with Crippen LogP contribution in [0.3, 0.4) is 0 Å². The number of nitrogens with zero attached hydrogens (tertiary/aromatic N) is 1. The standard InChI is InChI=1S/C20H21FN2O2/c1-12-8-14(12)11-18(24)15-9-16(23-17(10-15)20(25)22-2)19(21)13-6-4-3-5-7-13/h3-7,9-10,12,14,19H,8,11H2,1-2H3,(H,22,25)/t12-,14+,19-/m0/s1. The maximum Gasteiger partial charge on any atom is 0.269 e. The number of amides is 1. The predicted octanol–water partition coefficient (Wildman–Crippen LogP) is 3.73. The summed E-state index contributed by atoms with van der Waals surface area (Å²) < 4.78 is 14.9. The van der Waals surface area contributed by atoms with Gasteiger partial charge in [-0.05, 0) is 36.0 Å². The third-order valence-electron chi connectivity index (χ3n) is 4.70. The van der Waals surface area contributed by atoms with E-state index in [1.807, 2.05) is 0 Å². The van der Waals surface area contributed by atoms with E-state index in [4.69, 9.17) is 0 Å². The first-order chi connectivity index (χ1) is 12.0. The molecule has 1 aromatic carbocycles. The zero-order chi connectivity index (χ0) is 18.0. The minimum absolute atomic E-state index is 0.0609. The molecular weight excluding hydrogens is 319 g/mol. The highest BCUT2D eigenvalue weighted by molar-refractivity contribution is 6.00. The van der Waals surface area contributed by atoms with Gasteiger partial charge in [-0.3, -0.25) is 9.59 Å². The second-order valence-electron chi connectivity index (χ2n) is 6.62. The maximum absolute atomic E-state index is 14.9. The van der Waals surface area contributed by atoms with Crippen molar-refractivity contribution < 1.29 is 14.0 Å². The lowest BCUT2D eigenvalue weighted by molar-refractivity contribution is 0.0957. The number of rotatable bonds is 6. The highest BCUT2D eigenvalue weighted by Crippen LogP contribution is 2.41. The number of pyridine rings is 1. The lowest BCUT2D eigenvalue weighted by Gasteiger charge is -2.12. The number of carbonyl (C=O) groups is 2. The first kappa shape index (κ1) is 17.3. The minimum atomic E-state index is -1.49. The summed E-state index contributed by atoms with van der Waals surface area (Å²) in [6.07, 6.45) is -0.0147. The third-order valence-corrected chi connectivity index (χ3v) is 4.70. The number of halogens is 1. The zero-order valence-electron chi connectivity index (χ0n) is 14.3. The van der Waals surface area contributed by atoms with Crippen molar-refractivity contribution in [2.45, 2.75) is 25.9 Å². The molecular formula is C20H21FN2O2. The van der Waals surface area contributed by atoms with Crippen LogP contribution in [0.2, 0.25) is 0 Å². The second-order valence-corrected chi connectivity index (χ2v) is 6.62. The monoisotopic (exact) mass is 340 g/mol. The highest BCUT2D eigenvalue weighted by atomic mass is 19.1. The molecule has 3 rings (SSSR count). The molecule has 1 N–H and O–H groups in total. The van der Waals surface area contributed by atoms with Crippen LogP contribution < -0.4 is 5.32 Å². The first-order valence-electron chi connectivity index (χ1n) is 8.46. The molecule has 1 fully saturated rings. The average Bonchev–Trinajstić information content (AvgIpc) is 3.35. The maximum atomic E-state index is 14.9. The number of hydrogen-bond donors (Lipinski definition) is 1. The molecule has 1 aliphatic carbocycles. The van der Waals surface area contributed by atoms with Crippen LogP contribution in [0.25, 0.3) is 0 Å². The van der Waals surface area contributed by atoms with Gasteiger partial charge in [0.25, 0.3) is 5.91 Å². The number of hydrogen-bond acceptors (Lipinski definition) is 3. The lowest BCUT2D eigenvalue weighted by Crippen LogP contribution is -2.21. The van der Waals surface area contributed by atoms with E-state index in [9.17, 15) is 14.0 Å². The molecule has 1 aliphatic rings. The average molecular weight is 340 g/mol. The Balaban J connectivity index is 1.95. The van der Waals surface area contributed by atoms with Crippen LogP contribution in [0.15, 0.2) is 42.5 Å². The summed E-state index contributed by atoms with van der Waals surface area (Å²) in [7, 11) is 1.48. The van der Waals surface area contributed by atoms with Crippen LogP contribution >= 0.6 is 0 Å². The molecule has 1 amide bonds. The molecule has 0 bridgehead atoms. The normalized spacial score (nSPS) is 20.0. The molecule has 1 saturated carbocycles. The number of aromatic nitrogens is 1. The van der Waals surface area contributed by atoms with Crippen molar-refractivity contribution >= 4 is 11.7 Å². The van der Waals surface area contributed by atoms with Crippen LogP contribution in [0, 0.1) is 11.8 Å². The smallest absolute Gasteiger partial charge is 0.269 e. The van der Waals surface area contributed by atoms with Crippen molar-refractivity contribution in [3.8, 4) is 0 Å². The van der Waals surface area contributed by atoms with Crippen LogP contribution in [0.5, 0.6) is 0 Å². The largest absolute Gasteiger partial charge is 0.354 e. The van der Waals surface area contributed by atoms with Gasteiger partial charge >= 0.3 is 0 Å². The Kier molecular flexibility index (Phi) is 4.93. The van der Waals surface area contributed by atoms with Crippen LogP contribution in [0.4, 0.5) is 4.39 Å². The van der Waals surface area contributed by atoms with Gasteiger partial charge in [0.15, 0.2) is 12.0 Å². The van der Waals surface area contributed by atoms with Crippen LogP contribution in [0.1, 0.15) is 58.0 Å². The molecule has 3 atom stereocenters. The molecule has 0 saturated heterocycles. The molecule has 0 radical (unpaired) electrons. The number of Topliss-reactive ketones (excluding diaryl/α,β-unsaturated/α-hetero) is 1. The number of carbonyl (C=O) groups excluding carboxylic acids is 2. The van der Waals surface area contributed by atoms with E-state index in [0.717, 1.165) is 6.42 Å². The second kappa shape index (κ2) is 7.13. The summed E-state index contributed by atoms with van der Waals surface area (Å²) in [5.41, 5.74) is 0.935. The molecule has 1 heterocycles. The van der Waals surface area contributed by atoms with Gasteiger partial charge in [0, 0.05) is 19.0 Å². The van der Waals surface area contributed by atoms with Crippen molar-refractivity contribution in [1.82, 2.24) is 10.3 Å². The number of alkyl halides is 1. The van der Waals surface area contributed by atoms with Gasteiger partial charge in [-0.15, -0.1) is 0 Å². The van der Waals surface area contributed by atoms with Gasteiger partial charge in [0.2, 0.25) is 0 Å². The third kappa shape index (κ3) is 3.92. The van der Waals surface area contributed by atoms with Gasteiger partial charge < -0.3 is 5.32 Å². The summed E-state index contributed by atoms with van der Waals surface area (Å²) in [6.45, 7) is 2.11. The van der Waals surface area contributed by atoms with E-state index in [1.54, 1.807) is 30.3 Å². The Morgan fingerprint density at radius 1 is 1.28 bits per heavy atom. The van der Waals surface area contributed by atoms with Crippen molar-refractivity contribution in [2.24, 2.45) is 11.8 Å². The summed E-state index contributed by atoms with van der Waals surface area (Å²) in [6, 6.07) is 11.5. The highest BCUT2D eigenvalue weighted by Gasteiger charge is 2.34. The Labute approximate surface area is 146 Å². The molecule has 1 aromatic heterocycles. The van der Waals surface area contributed by atoms with Gasteiger partial charge in [-0.25, -0.2) is 9.37 Å². The van der Waals surface area contributed by atoms with E-state index in [-0.39, 0.29) is 17.2 Å². The molecule has 0 aliphatic heterocycles. The van der Waals surface area contributed by atoms with Crippen molar-refractivity contribution in [3.63, 3.8) is 0 Å². The van der Waals surface area contributed by atoms with Gasteiger partial charge in [-0.1, -0.05) is 37.3 Å². The fourth-order valence-electron chi connectivity index (χ4n) is 2.92. The van der Waals surface area contributed by atoms with E-state index in [0.29, 0.717) is 29.4 Å². The molecule has 25 heavy (non-hydrogen) atoms. The first-order valence-corrected chi connectivity index (χ1v) is 8.46. The van der Waals surface area contributed by atoms with E-state index in [2.05, 4.69) is 17.2 Å². The molecule has 0 unspecified atom stereocenters. The Bertz CT molecular complexity index is 792. The van der Waals surface area contributed by atoms with E-state index in [1.165, 1.54) is 19.2 Å². The predicted molar refractivity (Wildman–Crippen MR) is 93.2 cm³/mol. The number of ketones is 1. The van der Waals surface area contributed by atoms with Crippen molar-refractivity contribution in [2.75, 3.05) is 7.05 Å². The van der Waals surface area contributed by atoms with Gasteiger partial charge in [0.1, 0.15) is 5.69 Å². The summed E-state index contributed by atoms with van der Waals surface area (Å²) in [4.78, 5) is 28.6. The topological polar surface area (TPSA) is 59.1 Å². The van der Waals surface area contributed by atoms with Crippen molar-refractivity contribution in [1.29, 1.82) is 0 Å². The summed E-state index contributed by atoms with van der Waals surface area (Å²) in [5, 5.41) is 2.48.